The molecule has 0 aliphatic carbocycles. The van der Waals surface area contributed by atoms with E-state index < -0.39 is 0 Å². The summed E-state index contributed by atoms with van der Waals surface area (Å²) < 4.78 is 9.08. The second-order valence-electron chi connectivity index (χ2n) is 5.79. The Bertz CT molecular complexity index is 1000. The van der Waals surface area contributed by atoms with E-state index in [1.807, 2.05) is 20.2 Å². The van der Waals surface area contributed by atoms with Crippen LogP contribution in [-0.4, -0.2) is 36.6 Å². The first-order chi connectivity index (χ1) is 12.3. The zero-order valence-corrected chi connectivity index (χ0v) is 15.1. The first kappa shape index (κ1) is 15.9. The zero-order valence-electron chi connectivity index (χ0n) is 14.2. The summed E-state index contributed by atoms with van der Waals surface area (Å²) in [4.78, 5) is 5.79. The number of nitrogens with one attached hydrogen (secondary N) is 2. The van der Waals surface area contributed by atoms with E-state index in [0.29, 0.717) is 6.61 Å². The number of hydrogen-bond acceptors (Lipinski definition) is 5. The Morgan fingerprint density at radius 1 is 1.12 bits per heavy atom. The molecule has 0 spiro atoms. The molecule has 0 radical (unpaired) electrons. The van der Waals surface area contributed by atoms with Gasteiger partial charge in [-0.1, -0.05) is 23.5 Å². The van der Waals surface area contributed by atoms with Crippen LogP contribution in [0.2, 0.25) is 0 Å². The Hall–Kier alpha value is -2.57. The number of hydrogen-bond donors (Lipinski definition) is 2. The average molecular weight is 352 g/mol. The van der Waals surface area contributed by atoms with Gasteiger partial charge in [0.25, 0.3) is 0 Å². The highest BCUT2D eigenvalue weighted by Gasteiger charge is 2.11. The molecule has 2 heterocycles. The third-order valence-corrected chi connectivity index (χ3v) is 5.17. The smallest absolute Gasteiger partial charge is 0.195 e. The van der Waals surface area contributed by atoms with E-state index in [2.05, 4.69) is 57.6 Å². The molecule has 4 rings (SSSR count). The van der Waals surface area contributed by atoms with Crippen LogP contribution in [0.25, 0.3) is 26.4 Å². The second-order valence-corrected chi connectivity index (χ2v) is 6.80. The number of imidazole rings is 1. The maximum Gasteiger partial charge on any atom is 0.195 e. The summed E-state index contributed by atoms with van der Waals surface area (Å²) >= 11 is 1.68. The highest BCUT2D eigenvalue weighted by molar-refractivity contribution is 7.23. The summed E-state index contributed by atoms with van der Waals surface area (Å²) in [5, 5.41) is 6.22. The van der Waals surface area contributed by atoms with Crippen LogP contribution >= 0.6 is 11.3 Å². The van der Waals surface area contributed by atoms with Gasteiger partial charge in [-0.2, -0.15) is 0 Å². The van der Waals surface area contributed by atoms with Crippen LogP contribution < -0.4 is 15.4 Å². The van der Waals surface area contributed by atoms with Crippen molar-refractivity contribution in [2.45, 2.75) is 0 Å². The van der Waals surface area contributed by atoms with Gasteiger partial charge < -0.3 is 15.4 Å². The van der Waals surface area contributed by atoms with Crippen molar-refractivity contribution in [1.82, 2.24) is 14.7 Å². The van der Waals surface area contributed by atoms with E-state index in [1.165, 1.54) is 4.70 Å². The molecular weight excluding hydrogens is 332 g/mol. The van der Waals surface area contributed by atoms with Gasteiger partial charge in [0.1, 0.15) is 12.4 Å². The number of ether oxygens (including phenoxy) is 1. The predicted octanol–water partition coefficient (Wildman–Crippen LogP) is 3.86. The number of likely N-dealkylation sites (N-methyl/N-ethyl adjacent to an activating group) is 1. The van der Waals surface area contributed by atoms with Crippen molar-refractivity contribution >= 4 is 32.2 Å². The van der Waals surface area contributed by atoms with E-state index in [1.54, 1.807) is 11.3 Å². The Balaban J connectivity index is 1.66. The number of benzene rings is 2. The quantitative estimate of drug-likeness (QED) is 0.518. The van der Waals surface area contributed by atoms with E-state index >= 15 is 0 Å². The standard InChI is InChI=1S/C19H20N4OS/c1-20-9-10-24-15-7-8-17-18(11-15)25-19-22-16(12-23(17)19)13-3-5-14(21-2)6-4-13/h3-8,11-12,20-21H,9-10H2,1-2H3. The van der Waals surface area contributed by atoms with Crippen LogP contribution in [0.5, 0.6) is 5.75 Å². The van der Waals surface area contributed by atoms with Crippen molar-refractivity contribution in [3.63, 3.8) is 0 Å². The molecule has 0 aliphatic heterocycles. The zero-order chi connectivity index (χ0) is 17.2. The molecule has 5 nitrogen and oxygen atoms in total. The number of nitrogens with zero attached hydrogens (tertiary/aromatic N) is 2. The fourth-order valence-corrected chi connectivity index (χ4v) is 3.83. The van der Waals surface area contributed by atoms with Gasteiger partial charge in [0.2, 0.25) is 0 Å². The molecule has 0 atom stereocenters. The highest BCUT2D eigenvalue weighted by atomic mass is 32.1. The lowest BCUT2D eigenvalue weighted by atomic mass is 10.1. The van der Waals surface area contributed by atoms with Crippen LogP contribution in [0, 0.1) is 0 Å². The lowest BCUT2D eigenvalue weighted by molar-refractivity contribution is 0.319. The Morgan fingerprint density at radius 3 is 2.72 bits per heavy atom. The minimum atomic E-state index is 0.664. The van der Waals surface area contributed by atoms with Gasteiger partial charge in [-0.05, 0) is 37.4 Å². The van der Waals surface area contributed by atoms with Gasteiger partial charge in [-0.15, -0.1) is 0 Å². The molecule has 2 aromatic carbocycles. The molecule has 0 saturated heterocycles. The molecule has 4 aromatic rings. The summed E-state index contributed by atoms with van der Waals surface area (Å²) in [6.07, 6.45) is 2.10. The molecule has 0 aliphatic rings. The first-order valence-electron chi connectivity index (χ1n) is 8.26. The van der Waals surface area contributed by atoms with Crippen molar-refractivity contribution in [3.05, 3.63) is 48.7 Å². The molecule has 6 heteroatoms. The molecular formula is C19H20N4OS. The summed E-state index contributed by atoms with van der Waals surface area (Å²) in [6.45, 7) is 1.50. The van der Waals surface area contributed by atoms with Crippen molar-refractivity contribution in [3.8, 4) is 17.0 Å². The SMILES string of the molecule is CNCCOc1ccc2c(c1)sc1nc(-c3ccc(NC)cc3)cn12. The molecule has 0 amide bonds. The van der Waals surface area contributed by atoms with Gasteiger partial charge in [0.05, 0.1) is 15.9 Å². The molecule has 2 N–H and O–H groups in total. The highest BCUT2D eigenvalue weighted by Crippen LogP contribution is 2.32. The molecule has 0 unspecified atom stereocenters. The maximum atomic E-state index is 5.75. The van der Waals surface area contributed by atoms with Crippen molar-refractivity contribution in [2.24, 2.45) is 0 Å². The summed E-state index contributed by atoms with van der Waals surface area (Å²) in [5.41, 5.74) is 4.37. The van der Waals surface area contributed by atoms with Gasteiger partial charge in [-0.3, -0.25) is 4.40 Å². The van der Waals surface area contributed by atoms with Gasteiger partial charge in [0.15, 0.2) is 4.96 Å². The normalized spacial score (nSPS) is 11.3. The molecule has 0 fully saturated rings. The lowest BCUT2D eigenvalue weighted by Gasteiger charge is -2.05. The largest absolute Gasteiger partial charge is 0.492 e. The van der Waals surface area contributed by atoms with E-state index in [0.717, 1.165) is 39.7 Å². The van der Waals surface area contributed by atoms with Crippen LogP contribution in [0.3, 0.4) is 0 Å². The van der Waals surface area contributed by atoms with Gasteiger partial charge >= 0.3 is 0 Å². The Kier molecular flexibility index (Phi) is 4.29. The number of thiazole rings is 1. The van der Waals surface area contributed by atoms with Crippen molar-refractivity contribution in [1.29, 1.82) is 0 Å². The minimum absolute atomic E-state index is 0.664. The van der Waals surface area contributed by atoms with Gasteiger partial charge in [0, 0.05) is 31.0 Å². The third-order valence-electron chi connectivity index (χ3n) is 4.16. The van der Waals surface area contributed by atoms with E-state index in [9.17, 15) is 0 Å². The number of rotatable bonds is 6. The maximum absolute atomic E-state index is 5.75. The van der Waals surface area contributed by atoms with E-state index in [4.69, 9.17) is 9.72 Å². The lowest BCUT2D eigenvalue weighted by Crippen LogP contribution is -2.15. The minimum Gasteiger partial charge on any atom is -0.492 e. The van der Waals surface area contributed by atoms with E-state index in [-0.39, 0.29) is 0 Å². The predicted molar refractivity (Wildman–Crippen MR) is 105 cm³/mol. The monoisotopic (exact) mass is 352 g/mol. The van der Waals surface area contributed by atoms with Crippen molar-refractivity contribution in [2.75, 3.05) is 32.6 Å². The van der Waals surface area contributed by atoms with Crippen LogP contribution in [-0.2, 0) is 0 Å². The molecule has 0 saturated carbocycles. The Morgan fingerprint density at radius 2 is 1.96 bits per heavy atom. The fourth-order valence-electron chi connectivity index (χ4n) is 2.79. The molecule has 0 bridgehead atoms. The van der Waals surface area contributed by atoms with Gasteiger partial charge in [-0.25, -0.2) is 4.98 Å². The summed E-state index contributed by atoms with van der Waals surface area (Å²) in [7, 11) is 3.84. The number of anilines is 1. The third kappa shape index (κ3) is 3.06. The fraction of sp³-hybridized carbons (Fsp3) is 0.211. The van der Waals surface area contributed by atoms with Crippen LogP contribution in [0.4, 0.5) is 5.69 Å². The summed E-state index contributed by atoms with van der Waals surface area (Å²) in [5.74, 6) is 0.898. The number of fused-ring (bicyclic) bond motifs is 3. The van der Waals surface area contributed by atoms with Crippen LogP contribution in [0.15, 0.2) is 48.7 Å². The molecule has 128 valence electrons. The first-order valence-corrected chi connectivity index (χ1v) is 9.07. The van der Waals surface area contributed by atoms with Crippen molar-refractivity contribution < 1.29 is 4.74 Å². The second kappa shape index (κ2) is 6.74. The molecule has 2 aromatic heterocycles. The Labute approximate surface area is 150 Å². The summed E-state index contributed by atoms with van der Waals surface area (Å²) in [6, 6.07) is 14.5. The average Bonchev–Trinajstić information content (AvgIpc) is 3.19. The topological polar surface area (TPSA) is 50.6 Å². The number of aromatic nitrogens is 2. The molecule has 25 heavy (non-hydrogen) atoms. The van der Waals surface area contributed by atoms with Crippen LogP contribution in [0.1, 0.15) is 0 Å².